The lowest BCUT2D eigenvalue weighted by atomic mass is 10.0. The van der Waals surface area contributed by atoms with Crippen LogP contribution in [0.1, 0.15) is 30.9 Å². The molecule has 0 radical (unpaired) electrons. The number of carboxylic acids is 1. The van der Waals surface area contributed by atoms with Crippen LogP contribution in [0.25, 0.3) is 11.0 Å². The number of carbonyl (C=O) groups excluding carboxylic acids is 1. The van der Waals surface area contributed by atoms with Crippen molar-refractivity contribution in [3.63, 3.8) is 0 Å². The Balaban J connectivity index is 2.33. The summed E-state index contributed by atoms with van der Waals surface area (Å²) in [4.78, 5) is 35.0. The maximum atomic E-state index is 12.2. The number of carbonyl (C=O) groups is 2. The first kappa shape index (κ1) is 17.5. The Bertz CT molecular complexity index is 839. The third-order valence-electron chi connectivity index (χ3n) is 3.78. The molecule has 1 amide bonds. The van der Waals surface area contributed by atoms with Gasteiger partial charge in [-0.1, -0.05) is 13.3 Å². The molecule has 0 bridgehead atoms. The number of aryl methyl sites for hydroxylation is 1. The fourth-order valence-corrected chi connectivity index (χ4v) is 2.53. The number of phenolic OH excluding ortho intramolecular Hbond substituents is 1. The number of hydrogen-bond acceptors (Lipinski definition) is 5. The first-order valence-corrected chi connectivity index (χ1v) is 7.61. The number of nitrogens with one attached hydrogen (secondary N) is 1. The summed E-state index contributed by atoms with van der Waals surface area (Å²) < 4.78 is 5.11. The second-order valence-electron chi connectivity index (χ2n) is 5.60. The van der Waals surface area contributed by atoms with E-state index < -0.39 is 23.5 Å². The normalized spacial score (nSPS) is 12.1. The monoisotopic (exact) mass is 333 g/mol. The summed E-state index contributed by atoms with van der Waals surface area (Å²) in [6.45, 7) is 3.43. The first-order valence-electron chi connectivity index (χ1n) is 7.61. The maximum absolute atomic E-state index is 12.2. The molecule has 7 nitrogen and oxygen atoms in total. The summed E-state index contributed by atoms with van der Waals surface area (Å²) >= 11 is 0. The second-order valence-corrected chi connectivity index (χ2v) is 5.60. The van der Waals surface area contributed by atoms with Gasteiger partial charge >= 0.3 is 11.6 Å². The van der Waals surface area contributed by atoms with Gasteiger partial charge in [-0.05, 0) is 31.0 Å². The van der Waals surface area contributed by atoms with Crippen LogP contribution >= 0.6 is 0 Å². The highest BCUT2D eigenvalue weighted by Gasteiger charge is 2.20. The molecule has 0 aliphatic rings. The Morgan fingerprint density at radius 3 is 2.67 bits per heavy atom. The van der Waals surface area contributed by atoms with E-state index in [-0.39, 0.29) is 17.8 Å². The van der Waals surface area contributed by atoms with Crippen LogP contribution in [-0.4, -0.2) is 28.1 Å². The summed E-state index contributed by atoms with van der Waals surface area (Å²) in [5, 5.41) is 21.8. The number of benzene rings is 1. The van der Waals surface area contributed by atoms with Crippen LogP contribution in [0.3, 0.4) is 0 Å². The predicted octanol–water partition coefficient (Wildman–Crippen LogP) is 1.72. The molecule has 2 aromatic rings. The van der Waals surface area contributed by atoms with E-state index in [1.165, 1.54) is 12.1 Å². The number of phenols is 1. The highest BCUT2D eigenvalue weighted by Crippen LogP contribution is 2.27. The van der Waals surface area contributed by atoms with Crippen molar-refractivity contribution in [2.75, 3.05) is 0 Å². The molecule has 0 spiro atoms. The molecule has 0 saturated carbocycles. The van der Waals surface area contributed by atoms with Crippen LogP contribution in [0.5, 0.6) is 5.75 Å². The van der Waals surface area contributed by atoms with Gasteiger partial charge in [0.15, 0.2) is 0 Å². The molecular weight excluding hydrogens is 314 g/mol. The number of carboxylic acid groups (broad SMARTS) is 1. The molecule has 1 aromatic carbocycles. The van der Waals surface area contributed by atoms with Crippen LogP contribution in [0, 0.1) is 6.92 Å². The number of hydrogen-bond donors (Lipinski definition) is 3. The Morgan fingerprint density at radius 2 is 2.04 bits per heavy atom. The Kier molecular flexibility index (Phi) is 5.23. The van der Waals surface area contributed by atoms with Gasteiger partial charge in [0, 0.05) is 17.0 Å². The SMILES string of the molecule is CCCC(NC(=O)Cc1cc(=O)oc2c(C)c(O)ccc12)C(=O)O. The summed E-state index contributed by atoms with van der Waals surface area (Å²) in [5.41, 5.74) is 0.403. The van der Waals surface area contributed by atoms with E-state index in [4.69, 9.17) is 9.52 Å². The van der Waals surface area contributed by atoms with Crippen molar-refractivity contribution >= 4 is 22.8 Å². The minimum Gasteiger partial charge on any atom is -0.508 e. The smallest absolute Gasteiger partial charge is 0.336 e. The van der Waals surface area contributed by atoms with Gasteiger partial charge in [0.05, 0.1) is 6.42 Å². The zero-order valence-corrected chi connectivity index (χ0v) is 13.5. The third kappa shape index (κ3) is 3.73. The van der Waals surface area contributed by atoms with E-state index in [0.717, 1.165) is 0 Å². The van der Waals surface area contributed by atoms with Gasteiger partial charge in [0.25, 0.3) is 0 Å². The highest BCUT2D eigenvalue weighted by molar-refractivity contribution is 5.91. The van der Waals surface area contributed by atoms with Crippen LogP contribution in [0.2, 0.25) is 0 Å². The van der Waals surface area contributed by atoms with E-state index in [1.54, 1.807) is 13.0 Å². The second kappa shape index (κ2) is 7.16. The van der Waals surface area contributed by atoms with Gasteiger partial charge in [-0.2, -0.15) is 0 Å². The fraction of sp³-hybridized carbons (Fsp3) is 0.353. The molecule has 3 N–H and O–H groups in total. The molecule has 0 saturated heterocycles. The van der Waals surface area contributed by atoms with Crippen LogP contribution < -0.4 is 10.9 Å². The maximum Gasteiger partial charge on any atom is 0.336 e. The van der Waals surface area contributed by atoms with E-state index in [2.05, 4.69) is 5.32 Å². The predicted molar refractivity (Wildman–Crippen MR) is 87.1 cm³/mol. The van der Waals surface area contributed by atoms with Crippen molar-refractivity contribution in [1.82, 2.24) is 5.32 Å². The van der Waals surface area contributed by atoms with E-state index in [1.807, 2.05) is 6.92 Å². The summed E-state index contributed by atoms with van der Waals surface area (Å²) in [6, 6.07) is 3.26. The molecule has 0 aliphatic heterocycles. The van der Waals surface area contributed by atoms with Crippen LogP contribution in [-0.2, 0) is 16.0 Å². The summed E-state index contributed by atoms with van der Waals surface area (Å²) in [5.74, 6) is -1.60. The molecule has 2 rings (SSSR count). The molecule has 1 aromatic heterocycles. The molecule has 1 heterocycles. The average molecular weight is 333 g/mol. The van der Waals surface area contributed by atoms with Crippen molar-refractivity contribution in [2.45, 2.75) is 39.2 Å². The average Bonchev–Trinajstić information content (AvgIpc) is 2.50. The summed E-state index contributed by atoms with van der Waals surface area (Å²) in [7, 11) is 0. The van der Waals surface area contributed by atoms with E-state index >= 15 is 0 Å². The van der Waals surface area contributed by atoms with Crippen molar-refractivity contribution < 1.29 is 24.2 Å². The van der Waals surface area contributed by atoms with Crippen molar-refractivity contribution in [3.8, 4) is 5.75 Å². The number of rotatable bonds is 6. The first-order chi connectivity index (χ1) is 11.3. The molecule has 128 valence electrons. The van der Waals surface area contributed by atoms with Gasteiger partial charge in [-0.3, -0.25) is 4.79 Å². The Morgan fingerprint density at radius 1 is 1.33 bits per heavy atom. The third-order valence-corrected chi connectivity index (χ3v) is 3.78. The summed E-state index contributed by atoms with van der Waals surface area (Å²) in [6.07, 6.45) is 0.791. The largest absolute Gasteiger partial charge is 0.508 e. The molecule has 1 atom stereocenters. The molecule has 1 unspecified atom stereocenters. The van der Waals surface area contributed by atoms with Gasteiger partial charge in [-0.25, -0.2) is 9.59 Å². The van der Waals surface area contributed by atoms with Gasteiger partial charge in [-0.15, -0.1) is 0 Å². The van der Waals surface area contributed by atoms with Crippen LogP contribution in [0.4, 0.5) is 0 Å². The minimum atomic E-state index is -1.09. The molecule has 0 aliphatic carbocycles. The van der Waals surface area contributed by atoms with Crippen molar-refractivity contribution in [3.05, 3.63) is 39.7 Å². The zero-order chi connectivity index (χ0) is 17.9. The number of aliphatic carboxylic acids is 1. The van der Waals surface area contributed by atoms with Gasteiger partial charge in [0.1, 0.15) is 17.4 Å². The number of aromatic hydroxyl groups is 1. The van der Waals surface area contributed by atoms with Crippen molar-refractivity contribution in [1.29, 1.82) is 0 Å². The molecule has 7 heteroatoms. The van der Waals surface area contributed by atoms with Crippen molar-refractivity contribution in [2.24, 2.45) is 0 Å². The lowest BCUT2D eigenvalue weighted by Gasteiger charge is -2.14. The fourth-order valence-electron chi connectivity index (χ4n) is 2.53. The van der Waals surface area contributed by atoms with Crippen LogP contribution in [0.15, 0.2) is 27.4 Å². The van der Waals surface area contributed by atoms with Gasteiger partial charge in [0.2, 0.25) is 5.91 Å². The Hall–Kier alpha value is -2.83. The standard InChI is InChI=1S/C17H19NO6/c1-3-4-12(17(22)23)18-14(20)7-10-8-15(21)24-16-9(2)13(19)6-5-11(10)16/h5-6,8,12,19H,3-4,7H2,1-2H3,(H,18,20)(H,22,23). The number of fused-ring (bicyclic) bond motifs is 1. The lowest BCUT2D eigenvalue weighted by Crippen LogP contribution is -2.41. The molecule has 24 heavy (non-hydrogen) atoms. The molecule has 0 fully saturated rings. The van der Waals surface area contributed by atoms with E-state index in [9.17, 15) is 19.5 Å². The highest BCUT2D eigenvalue weighted by atomic mass is 16.4. The lowest BCUT2D eigenvalue weighted by molar-refractivity contribution is -0.141. The quantitative estimate of drug-likeness (QED) is 0.693. The van der Waals surface area contributed by atoms with E-state index in [0.29, 0.717) is 29.4 Å². The van der Waals surface area contributed by atoms with Gasteiger partial charge < -0.3 is 19.9 Å². The minimum absolute atomic E-state index is 0.0128. The number of amides is 1. The topological polar surface area (TPSA) is 117 Å². The zero-order valence-electron chi connectivity index (χ0n) is 13.5. The Labute approximate surface area is 137 Å². The molecular formula is C17H19NO6.